The summed E-state index contributed by atoms with van der Waals surface area (Å²) in [5, 5.41) is 4.74. The van der Waals surface area contributed by atoms with Crippen molar-refractivity contribution >= 4 is 32.7 Å². The number of pyridine rings is 2. The molecule has 0 saturated carbocycles. The zero-order valence-corrected chi connectivity index (χ0v) is 32.0. The summed E-state index contributed by atoms with van der Waals surface area (Å²) in [6, 6.07) is 42.6. The summed E-state index contributed by atoms with van der Waals surface area (Å²) in [7, 11) is 0. The SMILES string of the molecule is Cc1c[c-]c(-c2ccc(C)cn2)cc1.Cc1cnc(-c2[c-]ccc3c2oc2ccccc23)cc1-c1cc2ccc(C(C)(C)C)cc2cc1C.[Ir]. The zero-order valence-electron chi connectivity index (χ0n) is 29.6. The normalized spacial score (nSPS) is 11.3. The Morgan fingerprint density at radius 1 is 0.620 bits per heavy atom. The largest absolute Gasteiger partial charge is 0.501 e. The molecule has 0 unspecified atom stereocenters. The van der Waals surface area contributed by atoms with E-state index >= 15 is 0 Å². The van der Waals surface area contributed by atoms with Crippen LogP contribution in [0.25, 0.3) is 66.4 Å². The maximum absolute atomic E-state index is 6.26. The van der Waals surface area contributed by atoms with Crippen molar-refractivity contribution in [2.75, 3.05) is 0 Å². The van der Waals surface area contributed by atoms with E-state index in [1.165, 1.54) is 44.2 Å². The molecule has 0 aliphatic heterocycles. The fraction of sp³-hybridized carbons (Fsp3) is 0.174. The molecular weight excluding hydrogens is 789 g/mol. The standard InChI is InChI=1S/C33H28NO.C13H12N.Ir/c1-20-15-23-16-24(33(3,4)5)14-13-22(23)17-28(20)29-18-30(34-19-21(29)2)27-11-8-10-26-25-9-6-7-12-31(25)35-32(26)27;1-10-3-6-12(7-4-10)13-8-5-11(2)9-14-13;/h6-10,12-19H,1-5H3;3-6,8-9H,1-2H3;/q2*-1;. The Bertz CT molecular complexity index is 2410. The van der Waals surface area contributed by atoms with Crippen LogP contribution < -0.4 is 0 Å². The molecule has 0 spiro atoms. The maximum Gasteiger partial charge on any atom is 0.120 e. The van der Waals surface area contributed by atoms with Gasteiger partial charge in [0.05, 0.1) is 5.58 Å². The third-order valence-electron chi connectivity index (χ3n) is 9.19. The molecule has 3 aromatic heterocycles. The number of fused-ring (bicyclic) bond motifs is 4. The minimum Gasteiger partial charge on any atom is -0.501 e. The molecule has 8 aromatic rings. The average molecular weight is 829 g/mol. The Hall–Kier alpha value is -4.89. The molecule has 4 heteroatoms. The number of aromatic nitrogens is 2. The van der Waals surface area contributed by atoms with Crippen molar-refractivity contribution in [2.45, 2.75) is 53.9 Å². The molecule has 3 heterocycles. The molecule has 0 N–H and O–H groups in total. The second-order valence-corrected chi connectivity index (χ2v) is 14.1. The van der Waals surface area contributed by atoms with Gasteiger partial charge in [-0.1, -0.05) is 99.3 Å². The van der Waals surface area contributed by atoms with E-state index in [1.54, 1.807) is 0 Å². The molecule has 0 bridgehead atoms. The molecule has 251 valence electrons. The van der Waals surface area contributed by atoms with Gasteiger partial charge in [-0.05, 0) is 93.9 Å². The summed E-state index contributed by atoms with van der Waals surface area (Å²) in [5.74, 6) is 0. The van der Waals surface area contributed by atoms with E-state index in [0.717, 1.165) is 50.0 Å². The van der Waals surface area contributed by atoms with Crippen LogP contribution in [-0.2, 0) is 25.5 Å². The average Bonchev–Trinajstić information content (AvgIpc) is 3.48. The number of furan rings is 1. The third-order valence-corrected chi connectivity index (χ3v) is 9.19. The molecule has 50 heavy (non-hydrogen) atoms. The Balaban J connectivity index is 0.000000242. The van der Waals surface area contributed by atoms with E-state index in [1.807, 2.05) is 61.8 Å². The first kappa shape index (κ1) is 35.0. The smallest absolute Gasteiger partial charge is 0.120 e. The predicted molar refractivity (Wildman–Crippen MR) is 205 cm³/mol. The summed E-state index contributed by atoms with van der Waals surface area (Å²) >= 11 is 0. The van der Waals surface area contributed by atoms with E-state index in [0.29, 0.717) is 0 Å². The van der Waals surface area contributed by atoms with Crippen LogP contribution in [0.3, 0.4) is 0 Å². The number of nitrogens with zero attached hydrogens (tertiary/aromatic N) is 2. The van der Waals surface area contributed by atoms with Gasteiger partial charge in [0.25, 0.3) is 0 Å². The van der Waals surface area contributed by atoms with Gasteiger partial charge in [-0.15, -0.1) is 53.6 Å². The van der Waals surface area contributed by atoms with Crippen molar-refractivity contribution in [3.8, 4) is 33.6 Å². The number of benzene rings is 5. The van der Waals surface area contributed by atoms with Crippen molar-refractivity contribution in [2.24, 2.45) is 0 Å². The van der Waals surface area contributed by atoms with Crippen LogP contribution in [0.1, 0.15) is 48.6 Å². The molecule has 0 aliphatic carbocycles. The first-order valence-electron chi connectivity index (χ1n) is 16.8. The van der Waals surface area contributed by atoms with E-state index in [2.05, 4.69) is 119 Å². The second kappa shape index (κ2) is 14.2. The van der Waals surface area contributed by atoms with Gasteiger partial charge in [0.1, 0.15) is 5.58 Å². The zero-order chi connectivity index (χ0) is 34.3. The van der Waals surface area contributed by atoms with Gasteiger partial charge in [0.2, 0.25) is 0 Å². The second-order valence-electron chi connectivity index (χ2n) is 14.1. The number of para-hydroxylation sites is 1. The molecule has 0 amide bonds. The maximum atomic E-state index is 6.26. The fourth-order valence-electron chi connectivity index (χ4n) is 6.29. The van der Waals surface area contributed by atoms with Gasteiger partial charge in [-0.2, -0.15) is 0 Å². The third kappa shape index (κ3) is 7.05. The minimum atomic E-state index is 0. The predicted octanol–water partition coefficient (Wildman–Crippen LogP) is 12.3. The topological polar surface area (TPSA) is 38.9 Å². The van der Waals surface area contributed by atoms with E-state index in [-0.39, 0.29) is 25.5 Å². The Morgan fingerprint density at radius 2 is 1.38 bits per heavy atom. The van der Waals surface area contributed by atoms with Gasteiger partial charge in [0, 0.05) is 37.9 Å². The molecule has 0 saturated heterocycles. The fourth-order valence-corrected chi connectivity index (χ4v) is 6.29. The van der Waals surface area contributed by atoms with Gasteiger partial charge in [-0.25, -0.2) is 0 Å². The monoisotopic (exact) mass is 829 g/mol. The summed E-state index contributed by atoms with van der Waals surface area (Å²) in [5.41, 5.74) is 14.2. The number of aryl methyl sites for hydroxylation is 4. The van der Waals surface area contributed by atoms with Gasteiger partial charge in [-0.3, -0.25) is 0 Å². The molecular formula is C46H40IrN2O-2. The van der Waals surface area contributed by atoms with Gasteiger partial charge in [0.15, 0.2) is 0 Å². The van der Waals surface area contributed by atoms with E-state index in [4.69, 9.17) is 9.40 Å². The van der Waals surface area contributed by atoms with Crippen molar-refractivity contribution in [1.29, 1.82) is 0 Å². The van der Waals surface area contributed by atoms with Crippen LogP contribution in [0.2, 0.25) is 0 Å². The number of rotatable bonds is 3. The van der Waals surface area contributed by atoms with Crippen LogP contribution in [0.15, 0.2) is 120 Å². The van der Waals surface area contributed by atoms with E-state index in [9.17, 15) is 0 Å². The quantitative estimate of drug-likeness (QED) is 0.167. The Labute approximate surface area is 308 Å². The summed E-state index contributed by atoms with van der Waals surface area (Å²) in [6.07, 6.45) is 3.84. The number of hydrogen-bond acceptors (Lipinski definition) is 3. The molecule has 8 rings (SSSR count). The Morgan fingerprint density at radius 3 is 2.12 bits per heavy atom. The first-order chi connectivity index (χ1) is 23.5. The van der Waals surface area contributed by atoms with Crippen molar-refractivity contribution in [1.82, 2.24) is 9.97 Å². The Kier molecular flexibility index (Phi) is 9.89. The van der Waals surface area contributed by atoms with E-state index < -0.39 is 0 Å². The molecule has 0 aliphatic rings. The van der Waals surface area contributed by atoms with Crippen LogP contribution in [0.5, 0.6) is 0 Å². The molecule has 1 radical (unpaired) electrons. The van der Waals surface area contributed by atoms with Gasteiger partial charge < -0.3 is 14.4 Å². The molecule has 0 atom stereocenters. The van der Waals surface area contributed by atoms with Crippen LogP contribution in [0, 0.1) is 39.8 Å². The summed E-state index contributed by atoms with van der Waals surface area (Å²) in [6.45, 7) is 15.2. The van der Waals surface area contributed by atoms with Gasteiger partial charge >= 0.3 is 0 Å². The summed E-state index contributed by atoms with van der Waals surface area (Å²) in [4.78, 5) is 9.14. The first-order valence-corrected chi connectivity index (χ1v) is 16.8. The van der Waals surface area contributed by atoms with Crippen LogP contribution >= 0.6 is 0 Å². The molecule has 0 fully saturated rings. The van der Waals surface area contributed by atoms with Crippen LogP contribution in [-0.4, -0.2) is 9.97 Å². The van der Waals surface area contributed by atoms with Crippen molar-refractivity contribution < 1.29 is 24.5 Å². The van der Waals surface area contributed by atoms with Crippen molar-refractivity contribution in [3.63, 3.8) is 0 Å². The van der Waals surface area contributed by atoms with Crippen molar-refractivity contribution in [3.05, 3.63) is 155 Å². The minimum absolute atomic E-state index is 0. The number of hydrogen-bond donors (Lipinski definition) is 0. The van der Waals surface area contributed by atoms with Crippen LogP contribution in [0.4, 0.5) is 0 Å². The summed E-state index contributed by atoms with van der Waals surface area (Å²) < 4.78 is 6.26. The molecule has 3 nitrogen and oxygen atoms in total. The molecule has 5 aromatic carbocycles.